The van der Waals surface area contributed by atoms with Crippen LogP contribution in [0.2, 0.25) is 0 Å². The van der Waals surface area contributed by atoms with Crippen LogP contribution >= 0.6 is 0 Å². The van der Waals surface area contributed by atoms with E-state index in [1.165, 1.54) is 12.5 Å². The number of ketones is 1. The molecule has 0 aliphatic heterocycles. The highest BCUT2D eigenvalue weighted by molar-refractivity contribution is 6.21. The average molecular weight is 243 g/mol. The fraction of sp³-hybridized carbons (Fsp3) is 0.333. The minimum absolute atomic E-state index is 0.0911. The predicted octanol–water partition coefficient (Wildman–Crippen LogP) is 2.95. The molecule has 0 atom stereocenters. The Hall–Kier alpha value is -1.90. The van der Waals surface area contributed by atoms with E-state index in [0.717, 1.165) is 35.2 Å². The zero-order chi connectivity index (χ0) is 13.3. The Labute approximate surface area is 107 Å². The number of carbonyl (C=O) groups is 2. The van der Waals surface area contributed by atoms with Crippen LogP contribution in [0.15, 0.2) is 23.8 Å². The number of Topliss-reactive ketones (excluding diaryl/α,β-unsaturated/α-hetero) is 1. The minimum atomic E-state index is -0.101. The predicted molar refractivity (Wildman–Crippen MR) is 72.3 cm³/mol. The highest BCUT2D eigenvalue weighted by atomic mass is 16.1. The molecule has 18 heavy (non-hydrogen) atoms. The van der Waals surface area contributed by atoms with Crippen molar-refractivity contribution in [2.24, 2.45) is 0 Å². The number of rotatable bonds is 2. The highest BCUT2D eigenvalue weighted by Crippen LogP contribution is 2.33. The van der Waals surface area contributed by atoms with Crippen molar-refractivity contribution in [2.75, 3.05) is 5.32 Å². The number of anilines is 1. The number of nitrogens with one attached hydrogen (secondary N) is 1. The van der Waals surface area contributed by atoms with Crippen molar-refractivity contribution >= 4 is 23.0 Å². The molecule has 1 aromatic rings. The lowest BCUT2D eigenvalue weighted by molar-refractivity contribution is -0.114. The van der Waals surface area contributed by atoms with Gasteiger partial charge in [-0.25, -0.2) is 0 Å². The number of aryl methyl sites for hydroxylation is 1. The molecule has 94 valence electrons. The second kappa shape index (κ2) is 4.77. The monoisotopic (exact) mass is 243 g/mol. The first-order valence-corrected chi connectivity index (χ1v) is 6.10. The van der Waals surface area contributed by atoms with Crippen molar-refractivity contribution in [3.05, 3.63) is 34.9 Å². The Morgan fingerprint density at radius 2 is 1.89 bits per heavy atom. The normalized spacial score (nSPS) is 14.2. The summed E-state index contributed by atoms with van der Waals surface area (Å²) >= 11 is 0. The summed E-state index contributed by atoms with van der Waals surface area (Å²) < 4.78 is 0. The van der Waals surface area contributed by atoms with Crippen LogP contribution in [0.25, 0.3) is 5.57 Å². The molecule has 3 nitrogen and oxygen atoms in total. The summed E-state index contributed by atoms with van der Waals surface area (Å²) in [5.41, 5.74) is 4.84. The molecular weight excluding hydrogens is 226 g/mol. The summed E-state index contributed by atoms with van der Waals surface area (Å²) in [4.78, 5) is 22.8. The van der Waals surface area contributed by atoms with Crippen molar-refractivity contribution in [3.8, 4) is 0 Å². The number of benzene rings is 1. The van der Waals surface area contributed by atoms with Crippen LogP contribution in [0.1, 0.15) is 38.3 Å². The summed E-state index contributed by atoms with van der Waals surface area (Å²) in [6.45, 7) is 5.08. The largest absolute Gasteiger partial charge is 0.326 e. The van der Waals surface area contributed by atoms with Gasteiger partial charge in [-0.15, -0.1) is 0 Å². The molecule has 1 aliphatic carbocycles. The van der Waals surface area contributed by atoms with Crippen molar-refractivity contribution in [1.29, 1.82) is 0 Å². The molecule has 0 saturated heterocycles. The van der Waals surface area contributed by atoms with E-state index in [9.17, 15) is 9.59 Å². The molecular formula is C15H17NO2. The van der Waals surface area contributed by atoms with E-state index in [4.69, 9.17) is 0 Å². The number of hydrogen-bond donors (Lipinski definition) is 1. The smallest absolute Gasteiger partial charge is 0.221 e. The summed E-state index contributed by atoms with van der Waals surface area (Å²) in [5.74, 6) is -0.00994. The van der Waals surface area contributed by atoms with Gasteiger partial charge < -0.3 is 5.32 Å². The number of amides is 1. The van der Waals surface area contributed by atoms with Gasteiger partial charge in [0.05, 0.1) is 0 Å². The fourth-order valence-corrected chi connectivity index (χ4v) is 2.48. The SMILES string of the molecule is CC(=O)Nc1ccc2c(c1)C(C(C)=O)=C(C)CC2. The van der Waals surface area contributed by atoms with Crippen molar-refractivity contribution in [2.45, 2.75) is 33.6 Å². The lowest BCUT2D eigenvalue weighted by Crippen LogP contribution is -2.11. The third-order valence-electron chi connectivity index (χ3n) is 3.25. The van der Waals surface area contributed by atoms with E-state index >= 15 is 0 Å². The minimum Gasteiger partial charge on any atom is -0.326 e. The van der Waals surface area contributed by atoms with Gasteiger partial charge in [0.2, 0.25) is 5.91 Å². The van der Waals surface area contributed by atoms with E-state index in [1.54, 1.807) is 6.92 Å². The van der Waals surface area contributed by atoms with Gasteiger partial charge in [-0.2, -0.15) is 0 Å². The molecule has 0 saturated carbocycles. The van der Waals surface area contributed by atoms with Crippen LogP contribution in [0.5, 0.6) is 0 Å². The van der Waals surface area contributed by atoms with Crippen LogP contribution in [-0.2, 0) is 16.0 Å². The van der Waals surface area contributed by atoms with Crippen molar-refractivity contribution in [3.63, 3.8) is 0 Å². The molecule has 3 heteroatoms. The molecule has 1 N–H and O–H groups in total. The first-order chi connectivity index (χ1) is 8.49. The van der Waals surface area contributed by atoms with Crippen molar-refractivity contribution in [1.82, 2.24) is 0 Å². The van der Waals surface area contributed by atoms with Gasteiger partial charge in [-0.05, 0) is 49.9 Å². The van der Waals surface area contributed by atoms with Crippen LogP contribution in [-0.4, -0.2) is 11.7 Å². The first kappa shape index (κ1) is 12.6. The van der Waals surface area contributed by atoms with Crippen LogP contribution in [0, 0.1) is 0 Å². The number of carbonyl (C=O) groups excluding carboxylic acids is 2. The number of allylic oxidation sites excluding steroid dienone is 2. The van der Waals surface area contributed by atoms with Crippen molar-refractivity contribution < 1.29 is 9.59 Å². The zero-order valence-corrected chi connectivity index (χ0v) is 11.0. The molecule has 1 amide bonds. The molecule has 1 aliphatic rings. The highest BCUT2D eigenvalue weighted by Gasteiger charge is 2.20. The average Bonchev–Trinajstić information content (AvgIpc) is 2.27. The van der Waals surface area contributed by atoms with E-state index in [1.807, 2.05) is 25.1 Å². The van der Waals surface area contributed by atoms with Crippen LogP contribution in [0.3, 0.4) is 0 Å². The fourth-order valence-electron chi connectivity index (χ4n) is 2.48. The summed E-state index contributed by atoms with van der Waals surface area (Å²) in [6, 6.07) is 5.78. The second-order valence-corrected chi connectivity index (χ2v) is 4.76. The van der Waals surface area contributed by atoms with Gasteiger partial charge in [-0.3, -0.25) is 9.59 Å². The van der Waals surface area contributed by atoms with Gasteiger partial charge >= 0.3 is 0 Å². The molecule has 2 rings (SSSR count). The van der Waals surface area contributed by atoms with E-state index in [2.05, 4.69) is 5.32 Å². The quantitative estimate of drug-likeness (QED) is 0.868. The third kappa shape index (κ3) is 2.35. The molecule has 0 unspecified atom stereocenters. The van der Waals surface area contributed by atoms with Gasteiger partial charge in [-0.1, -0.05) is 11.6 Å². The lowest BCUT2D eigenvalue weighted by atomic mass is 9.84. The maximum atomic E-state index is 11.8. The summed E-state index contributed by atoms with van der Waals surface area (Å²) in [5, 5.41) is 2.76. The Kier molecular flexibility index (Phi) is 3.32. The third-order valence-corrected chi connectivity index (χ3v) is 3.25. The van der Waals surface area contributed by atoms with E-state index in [-0.39, 0.29) is 11.7 Å². The number of hydrogen-bond acceptors (Lipinski definition) is 2. The Bertz CT molecular complexity index is 556. The molecule has 0 fully saturated rings. The summed E-state index contributed by atoms with van der Waals surface area (Å²) in [7, 11) is 0. The Balaban J connectivity index is 2.51. The maximum Gasteiger partial charge on any atom is 0.221 e. The van der Waals surface area contributed by atoms with Crippen LogP contribution in [0.4, 0.5) is 5.69 Å². The maximum absolute atomic E-state index is 11.8. The Morgan fingerprint density at radius 1 is 1.17 bits per heavy atom. The first-order valence-electron chi connectivity index (χ1n) is 6.10. The van der Waals surface area contributed by atoms with Gasteiger partial charge in [0.1, 0.15) is 0 Å². The number of fused-ring (bicyclic) bond motifs is 1. The molecule has 0 bridgehead atoms. The molecule has 0 aromatic heterocycles. The standard InChI is InChI=1S/C15H17NO2/c1-9-4-5-12-6-7-13(16-11(3)18)8-14(12)15(9)10(2)17/h6-8H,4-5H2,1-3H3,(H,16,18). The topological polar surface area (TPSA) is 46.2 Å². The van der Waals surface area contributed by atoms with Gasteiger partial charge in [0.25, 0.3) is 0 Å². The summed E-state index contributed by atoms with van der Waals surface area (Å²) in [6.07, 6.45) is 1.89. The second-order valence-electron chi connectivity index (χ2n) is 4.76. The van der Waals surface area contributed by atoms with Crippen LogP contribution < -0.4 is 5.32 Å². The van der Waals surface area contributed by atoms with E-state index in [0.29, 0.717) is 0 Å². The van der Waals surface area contributed by atoms with E-state index < -0.39 is 0 Å². The molecule has 1 aromatic carbocycles. The Morgan fingerprint density at radius 3 is 2.50 bits per heavy atom. The molecule has 0 radical (unpaired) electrons. The zero-order valence-electron chi connectivity index (χ0n) is 11.0. The molecule has 0 spiro atoms. The molecule has 0 heterocycles. The lowest BCUT2D eigenvalue weighted by Gasteiger charge is -2.21. The van der Waals surface area contributed by atoms with Gasteiger partial charge in [0, 0.05) is 18.2 Å². The van der Waals surface area contributed by atoms with Gasteiger partial charge in [0.15, 0.2) is 5.78 Å².